The molecule has 1 aliphatic rings. The number of para-hydroxylation sites is 1. The Labute approximate surface area is 120 Å². The van der Waals surface area contributed by atoms with E-state index < -0.39 is 0 Å². The summed E-state index contributed by atoms with van der Waals surface area (Å²) in [4.78, 5) is 12.5. The number of hydrogen-bond donors (Lipinski definition) is 2. The largest absolute Gasteiger partial charge is 0.493 e. The first kappa shape index (κ1) is 14.9. The maximum atomic E-state index is 12.5. The van der Waals surface area contributed by atoms with Crippen LogP contribution in [0, 0.1) is 0 Å². The highest BCUT2D eigenvalue weighted by Crippen LogP contribution is 2.28. The molecule has 20 heavy (non-hydrogen) atoms. The zero-order valence-electron chi connectivity index (χ0n) is 12.2. The molecule has 0 aromatic heterocycles. The number of amides is 1. The summed E-state index contributed by atoms with van der Waals surface area (Å²) < 4.78 is 5.52. The molecule has 3 N–H and O–H groups in total. The fraction of sp³-hybridized carbons (Fsp3) is 0.562. The summed E-state index contributed by atoms with van der Waals surface area (Å²) in [7, 11) is 0. The van der Waals surface area contributed by atoms with Crippen molar-refractivity contribution < 1.29 is 9.53 Å². The predicted octanol–water partition coefficient (Wildman–Crippen LogP) is 2.48. The summed E-state index contributed by atoms with van der Waals surface area (Å²) in [5, 5.41) is 3.15. The van der Waals surface area contributed by atoms with E-state index in [-0.39, 0.29) is 11.4 Å². The van der Waals surface area contributed by atoms with Gasteiger partial charge in [-0.3, -0.25) is 4.79 Å². The molecule has 0 radical (unpaired) electrons. The number of rotatable bonds is 5. The number of nitrogens with one attached hydrogen (secondary N) is 1. The van der Waals surface area contributed by atoms with Crippen LogP contribution in [0.5, 0.6) is 5.75 Å². The smallest absolute Gasteiger partial charge is 0.255 e. The zero-order chi connectivity index (χ0) is 14.4. The van der Waals surface area contributed by atoms with Crippen LogP contribution in [0.3, 0.4) is 0 Å². The average molecular weight is 276 g/mol. The maximum absolute atomic E-state index is 12.5. The van der Waals surface area contributed by atoms with Crippen molar-refractivity contribution in [3.63, 3.8) is 0 Å². The third-order valence-corrected chi connectivity index (χ3v) is 4.01. The van der Waals surface area contributed by atoms with Gasteiger partial charge in [0.05, 0.1) is 17.7 Å². The first-order chi connectivity index (χ1) is 9.71. The number of hydrogen-bond acceptors (Lipinski definition) is 3. The minimum Gasteiger partial charge on any atom is -0.493 e. The summed E-state index contributed by atoms with van der Waals surface area (Å²) >= 11 is 0. The van der Waals surface area contributed by atoms with Crippen LogP contribution in [0.25, 0.3) is 0 Å². The van der Waals surface area contributed by atoms with Crippen molar-refractivity contribution in [2.24, 2.45) is 5.73 Å². The fourth-order valence-electron chi connectivity index (χ4n) is 2.85. The van der Waals surface area contributed by atoms with Gasteiger partial charge in [0.2, 0.25) is 0 Å². The van der Waals surface area contributed by atoms with Crippen LogP contribution in [-0.4, -0.2) is 24.6 Å². The summed E-state index contributed by atoms with van der Waals surface area (Å²) in [6.45, 7) is 2.96. The molecule has 0 unspecified atom stereocenters. The van der Waals surface area contributed by atoms with E-state index in [0.717, 1.165) is 25.7 Å². The molecule has 0 saturated heterocycles. The van der Waals surface area contributed by atoms with Gasteiger partial charge in [-0.1, -0.05) is 31.4 Å². The zero-order valence-corrected chi connectivity index (χ0v) is 12.2. The first-order valence-corrected chi connectivity index (χ1v) is 7.45. The molecule has 1 amide bonds. The Morgan fingerprint density at radius 3 is 2.65 bits per heavy atom. The Hall–Kier alpha value is -1.55. The van der Waals surface area contributed by atoms with E-state index in [1.807, 2.05) is 25.1 Å². The van der Waals surface area contributed by atoms with Crippen molar-refractivity contribution in [3.05, 3.63) is 29.8 Å². The summed E-state index contributed by atoms with van der Waals surface area (Å²) in [5.74, 6) is 0.553. The second-order valence-electron chi connectivity index (χ2n) is 5.43. The Bertz CT molecular complexity index is 454. The molecule has 4 nitrogen and oxygen atoms in total. The van der Waals surface area contributed by atoms with Crippen LogP contribution in [0.2, 0.25) is 0 Å². The standard InChI is InChI=1S/C16H24N2O2/c1-2-20-14-9-5-4-8-13(14)15(19)18-16(12-17)10-6-3-7-11-16/h4-5,8-9H,2-3,6-7,10-12,17H2,1H3,(H,18,19). The van der Waals surface area contributed by atoms with Gasteiger partial charge in [-0.25, -0.2) is 0 Å². The predicted molar refractivity (Wildman–Crippen MR) is 79.9 cm³/mol. The molecular weight excluding hydrogens is 252 g/mol. The van der Waals surface area contributed by atoms with Gasteiger partial charge in [0.15, 0.2) is 0 Å². The lowest BCUT2D eigenvalue weighted by molar-refractivity contribution is 0.0871. The quantitative estimate of drug-likeness (QED) is 0.868. The molecule has 0 heterocycles. The molecule has 1 fully saturated rings. The molecule has 110 valence electrons. The molecule has 0 atom stereocenters. The highest BCUT2D eigenvalue weighted by atomic mass is 16.5. The molecule has 0 bridgehead atoms. The molecule has 1 aromatic rings. The van der Waals surface area contributed by atoms with Crippen LogP contribution in [0.4, 0.5) is 0 Å². The normalized spacial score (nSPS) is 17.5. The van der Waals surface area contributed by atoms with Gasteiger partial charge in [0.1, 0.15) is 5.75 Å². The first-order valence-electron chi connectivity index (χ1n) is 7.45. The van der Waals surface area contributed by atoms with E-state index in [1.54, 1.807) is 6.07 Å². The Morgan fingerprint density at radius 2 is 2.00 bits per heavy atom. The van der Waals surface area contributed by atoms with Gasteiger partial charge in [0.25, 0.3) is 5.91 Å². The number of carbonyl (C=O) groups is 1. The highest BCUT2D eigenvalue weighted by Gasteiger charge is 2.32. The number of carbonyl (C=O) groups excluding carboxylic acids is 1. The van der Waals surface area contributed by atoms with E-state index in [2.05, 4.69) is 5.32 Å². The number of ether oxygens (including phenoxy) is 1. The minimum atomic E-state index is -0.241. The van der Waals surface area contributed by atoms with E-state index in [1.165, 1.54) is 6.42 Å². The molecule has 0 aliphatic heterocycles. The van der Waals surface area contributed by atoms with Crippen LogP contribution < -0.4 is 15.8 Å². The Morgan fingerprint density at radius 1 is 1.30 bits per heavy atom. The highest BCUT2D eigenvalue weighted by molar-refractivity contribution is 5.97. The van der Waals surface area contributed by atoms with Crippen LogP contribution in [0.1, 0.15) is 49.4 Å². The number of benzene rings is 1. The lowest BCUT2D eigenvalue weighted by Crippen LogP contribution is -2.54. The van der Waals surface area contributed by atoms with Gasteiger partial charge in [0, 0.05) is 6.54 Å². The monoisotopic (exact) mass is 276 g/mol. The molecule has 1 aliphatic carbocycles. The summed E-state index contributed by atoms with van der Waals surface area (Å²) in [6.07, 6.45) is 5.42. The van der Waals surface area contributed by atoms with Crippen LogP contribution >= 0.6 is 0 Å². The van der Waals surface area contributed by atoms with E-state index >= 15 is 0 Å². The number of nitrogens with two attached hydrogens (primary N) is 1. The topological polar surface area (TPSA) is 64.3 Å². The van der Waals surface area contributed by atoms with Gasteiger partial charge >= 0.3 is 0 Å². The van der Waals surface area contributed by atoms with Crippen molar-refractivity contribution in [1.29, 1.82) is 0 Å². The average Bonchev–Trinajstić information content (AvgIpc) is 2.49. The van der Waals surface area contributed by atoms with E-state index in [9.17, 15) is 4.79 Å². The van der Waals surface area contributed by atoms with Crippen molar-refractivity contribution >= 4 is 5.91 Å². The Balaban J connectivity index is 2.14. The second-order valence-corrected chi connectivity index (χ2v) is 5.43. The Kier molecular flexibility index (Phi) is 5.01. The lowest BCUT2D eigenvalue weighted by Gasteiger charge is -2.37. The molecule has 1 saturated carbocycles. The van der Waals surface area contributed by atoms with Gasteiger partial charge < -0.3 is 15.8 Å². The minimum absolute atomic E-state index is 0.0820. The molecular formula is C16H24N2O2. The SMILES string of the molecule is CCOc1ccccc1C(=O)NC1(CN)CCCCC1. The third kappa shape index (κ3) is 3.31. The van der Waals surface area contributed by atoms with Crippen LogP contribution in [0.15, 0.2) is 24.3 Å². The van der Waals surface area contributed by atoms with Crippen molar-refractivity contribution in [2.45, 2.75) is 44.6 Å². The van der Waals surface area contributed by atoms with E-state index in [4.69, 9.17) is 10.5 Å². The van der Waals surface area contributed by atoms with Gasteiger partial charge in [-0.05, 0) is 31.9 Å². The van der Waals surface area contributed by atoms with Crippen molar-refractivity contribution in [3.8, 4) is 5.75 Å². The fourth-order valence-corrected chi connectivity index (χ4v) is 2.85. The molecule has 2 rings (SSSR count). The molecule has 1 aromatic carbocycles. The molecule has 4 heteroatoms. The van der Waals surface area contributed by atoms with E-state index in [0.29, 0.717) is 24.5 Å². The lowest BCUT2D eigenvalue weighted by atomic mass is 9.81. The second kappa shape index (κ2) is 6.75. The van der Waals surface area contributed by atoms with Crippen molar-refractivity contribution in [1.82, 2.24) is 5.32 Å². The van der Waals surface area contributed by atoms with Crippen molar-refractivity contribution in [2.75, 3.05) is 13.2 Å². The third-order valence-electron chi connectivity index (χ3n) is 4.01. The molecule has 0 spiro atoms. The van der Waals surface area contributed by atoms with Gasteiger partial charge in [-0.15, -0.1) is 0 Å². The summed E-state index contributed by atoms with van der Waals surface area (Å²) in [6, 6.07) is 7.36. The van der Waals surface area contributed by atoms with Crippen LogP contribution in [-0.2, 0) is 0 Å². The van der Waals surface area contributed by atoms with Gasteiger partial charge in [-0.2, -0.15) is 0 Å². The summed E-state index contributed by atoms with van der Waals surface area (Å²) in [5.41, 5.74) is 6.26. The maximum Gasteiger partial charge on any atom is 0.255 e.